The van der Waals surface area contributed by atoms with Crippen molar-refractivity contribution in [1.29, 1.82) is 0 Å². The number of aliphatic hydroxyl groups excluding tert-OH is 1. The zero-order chi connectivity index (χ0) is 22.0. The minimum atomic E-state index is -0.996. The molecule has 0 amide bonds. The number of anilines is 2. The first-order valence-electron chi connectivity index (χ1n) is 9.96. The summed E-state index contributed by atoms with van der Waals surface area (Å²) >= 11 is 0. The van der Waals surface area contributed by atoms with E-state index in [2.05, 4.69) is 27.7 Å². The van der Waals surface area contributed by atoms with Gasteiger partial charge in [-0.1, -0.05) is 42.5 Å². The van der Waals surface area contributed by atoms with Crippen LogP contribution in [-0.4, -0.2) is 35.3 Å². The average molecular weight is 416 g/mol. The Labute approximate surface area is 180 Å². The van der Waals surface area contributed by atoms with Crippen LogP contribution in [0.25, 0.3) is 11.3 Å². The summed E-state index contributed by atoms with van der Waals surface area (Å²) in [6.45, 7) is 0.798. The van der Waals surface area contributed by atoms with Crippen molar-refractivity contribution in [2.24, 2.45) is 0 Å². The SMILES string of the molecule is CN(C)Cc1cccc(N/C(=C2/c3cc([N+](=O)[O-])ccc3NC2O)c2ccccc2)c1. The van der Waals surface area contributed by atoms with Crippen molar-refractivity contribution < 1.29 is 10.0 Å². The number of nitro benzene ring substituents is 1. The maximum atomic E-state index is 11.3. The third-order valence-corrected chi connectivity index (χ3v) is 5.10. The van der Waals surface area contributed by atoms with Gasteiger partial charge < -0.3 is 20.6 Å². The number of rotatable bonds is 6. The fourth-order valence-corrected chi connectivity index (χ4v) is 3.79. The molecule has 7 nitrogen and oxygen atoms in total. The van der Waals surface area contributed by atoms with E-state index in [4.69, 9.17) is 0 Å². The van der Waals surface area contributed by atoms with Gasteiger partial charge >= 0.3 is 0 Å². The second-order valence-corrected chi connectivity index (χ2v) is 7.75. The summed E-state index contributed by atoms with van der Waals surface area (Å²) in [4.78, 5) is 13.0. The molecular weight excluding hydrogens is 392 g/mol. The van der Waals surface area contributed by atoms with Crippen LogP contribution in [0.2, 0.25) is 0 Å². The van der Waals surface area contributed by atoms with E-state index in [0.717, 1.165) is 23.4 Å². The molecule has 4 rings (SSSR count). The van der Waals surface area contributed by atoms with Gasteiger partial charge in [-0.05, 0) is 43.4 Å². The molecule has 3 aromatic carbocycles. The molecule has 3 aromatic rings. The van der Waals surface area contributed by atoms with E-state index in [0.29, 0.717) is 22.5 Å². The highest BCUT2D eigenvalue weighted by molar-refractivity contribution is 6.03. The maximum absolute atomic E-state index is 11.3. The van der Waals surface area contributed by atoms with Crippen LogP contribution in [0.4, 0.5) is 17.1 Å². The molecule has 0 aromatic heterocycles. The maximum Gasteiger partial charge on any atom is 0.270 e. The molecule has 0 fully saturated rings. The number of nitrogens with zero attached hydrogens (tertiary/aromatic N) is 2. The van der Waals surface area contributed by atoms with Crippen molar-refractivity contribution >= 4 is 28.3 Å². The van der Waals surface area contributed by atoms with E-state index in [1.165, 1.54) is 12.1 Å². The lowest BCUT2D eigenvalue weighted by Gasteiger charge is -2.18. The molecule has 0 spiro atoms. The number of fused-ring (bicyclic) bond motifs is 1. The number of hydrogen-bond donors (Lipinski definition) is 3. The van der Waals surface area contributed by atoms with Crippen LogP contribution < -0.4 is 10.6 Å². The van der Waals surface area contributed by atoms with Gasteiger partial charge in [-0.3, -0.25) is 10.1 Å². The molecule has 0 saturated carbocycles. The standard InChI is InChI=1S/C24H24N4O3/c1-27(2)15-16-7-6-10-18(13-16)25-23(17-8-4-3-5-9-17)22-20-14-19(28(30)31)11-12-21(20)26-24(22)29/h3-14,24-26,29H,15H2,1-2H3/b23-22-. The van der Waals surface area contributed by atoms with Gasteiger partial charge in [0.2, 0.25) is 0 Å². The molecule has 1 aliphatic rings. The van der Waals surface area contributed by atoms with Crippen LogP contribution in [0, 0.1) is 10.1 Å². The first kappa shape index (κ1) is 20.6. The topological polar surface area (TPSA) is 90.7 Å². The smallest absolute Gasteiger partial charge is 0.270 e. The Balaban J connectivity index is 1.85. The predicted molar refractivity (Wildman–Crippen MR) is 123 cm³/mol. The summed E-state index contributed by atoms with van der Waals surface area (Å²) in [5, 5.41) is 28.6. The van der Waals surface area contributed by atoms with E-state index in [1.807, 2.05) is 56.6 Å². The fourth-order valence-electron chi connectivity index (χ4n) is 3.79. The minimum absolute atomic E-state index is 0.0208. The van der Waals surface area contributed by atoms with Gasteiger partial charge in [-0.2, -0.15) is 0 Å². The molecular formula is C24H24N4O3. The molecule has 0 bridgehead atoms. The normalized spacial score (nSPS) is 16.6. The Bertz CT molecular complexity index is 1140. The zero-order valence-corrected chi connectivity index (χ0v) is 17.4. The number of benzene rings is 3. The van der Waals surface area contributed by atoms with Crippen LogP contribution in [0.15, 0.2) is 72.8 Å². The molecule has 1 heterocycles. The average Bonchev–Trinajstić information content (AvgIpc) is 3.07. The Morgan fingerprint density at radius 1 is 1.10 bits per heavy atom. The van der Waals surface area contributed by atoms with Gasteiger partial charge in [-0.15, -0.1) is 0 Å². The second-order valence-electron chi connectivity index (χ2n) is 7.75. The van der Waals surface area contributed by atoms with Crippen LogP contribution in [0.3, 0.4) is 0 Å². The number of nitrogens with one attached hydrogen (secondary N) is 2. The molecule has 0 radical (unpaired) electrons. The van der Waals surface area contributed by atoms with Crippen molar-refractivity contribution in [2.75, 3.05) is 24.7 Å². The van der Waals surface area contributed by atoms with Crippen molar-refractivity contribution in [3.05, 3.63) is 99.6 Å². The quantitative estimate of drug-likeness (QED) is 0.408. The molecule has 0 saturated heterocycles. The van der Waals surface area contributed by atoms with E-state index in [1.54, 1.807) is 6.07 Å². The summed E-state index contributed by atoms with van der Waals surface area (Å²) < 4.78 is 0. The lowest BCUT2D eigenvalue weighted by Crippen LogP contribution is -2.16. The summed E-state index contributed by atoms with van der Waals surface area (Å²) in [6.07, 6.45) is -0.996. The highest BCUT2D eigenvalue weighted by Crippen LogP contribution is 2.41. The van der Waals surface area contributed by atoms with Crippen LogP contribution >= 0.6 is 0 Å². The first-order valence-corrected chi connectivity index (χ1v) is 9.96. The van der Waals surface area contributed by atoms with Crippen molar-refractivity contribution in [3.8, 4) is 0 Å². The van der Waals surface area contributed by atoms with Gasteiger partial charge in [0.15, 0.2) is 6.23 Å². The monoisotopic (exact) mass is 416 g/mol. The molecule has 1 unspecified atom stereocenters. The Hall–Kier alpha value is -3.68. The summed E-state index contributed by atoms with van der Waals surface area (Å²) in [5.41, 5.74) is 5.40. The highest BCUT2D eigenvalue weighted by atomic mass is 16.6. The van der Waals surface area contributed by atoms with Gasteiger partial charge in [0, 0.05) is 41.2 Å². The van der Waals surface area contributed by atoms with Crippen molar-refractivity contribution in [1.82, 2.24) is 4.90 Å². The van der Waals surface area contributed by atoms with Gasteiger partial charge in [-0.25, -0.2) is 0 Å². The predicted octanol–water partition coefficient (Wildman–Crippen LogP) is 4.38. The van der Waals surface area contributed by atoms with Crippen molar-refractivity contribution in [3.63, 3.8) is 0 Å². The van der Waals surface area contributed by atoms with Crippen molar-refractivity contribution in [2.45, 2.75) is 12.8 Å². The largest absolute Gasteiger partial charge is 0.369 e. The molecule has 158 valence electrons. The lowest BCUT2D eigenvalue weighted by molar-refractivity contribution is -0.384. The van der Waals surface area contributed by atoms with Crippen LogP contribution in [0.1, 0.15) is 16.7 Å². The van der Waals surface area contributed by atoms with Gasteiger partial charge in [0.25, 0.3) is 5.69 Å². The van der Waals surface area contributed by atoms with Gasteiger partial charge in [0.05, 0.1) is 10.6 Å². The Morgan fingerprint density at radius 2 is 1.87 bits per heavy atom. The number of nitro groups is 1. The summed E-state index contributed by atoms with van der Waals surface area (Å²) in [7, 11) is 4.03. The first-order chi connectivity index (χ1) is 14.9. The molecule has 0 aliphatic carbocycles. The summed E-state index contributed by atoms with van der Waals surface area (Å²) in [5.74, 6) is 0. The number of aliphatic hydroxyl groups is 1. The van der Waals surface area contributed by atoms with Crippen LogP contribution in [0.5, 0.6) is 0 Å². The Morgan fingerprint density at radius 3 is 2.58 bits per heavy atom. The number of hydrogen-bond acceptors (Lipinski definition) is 6. The molecule has 3 N–H and O–H groups in total. The molecule has 1 atom stereocenters. The molecule has 31 heavy (non-hydrogen) atoms. The summed E-state index contributed by atoms with van der Waals surface area (Å²) in [6, 6.07) is 22.3. The van der Waals surface area contributed by atoms with E-state index >= 15 is 0 Å². The lowest BCUT2D eigenvalue weighted by atomic mass is 9.99. The van der Waals surface area contributed by atoms with E-state index in [-0.39, 0.29) is 5.69 Å². The third-order valence-electron chi connectivity index (χ3n) is 5.10. The second kappa shape index (κ2) is 8.59. The molecule has 1 aliphatic heterocycles. The highest BCUT2D eigenvalue weighted by Gasteiger charge is 2.30. The minimum Gasteiger partial charge on any atom is -0.369 e. The Kier molecular flexibility index (Phi) is 5.70. The van der Waals surface area contributed by atoms with Crippen LogP contribution in [-0.2, 0) is 6.54 Å². The third kappa shape index (κ3) is 4.42. The fraction of sp³-hybridized carbons (Fsp3) is 0.167. The molecule has 7 heteroatoms. The zero-order valence-electron chi connectivity index (χ0n) is 17.4. The van der Waals surface area contributed by atoms with E-state index in [9.17, 15) is 15.2 Å². The van der Waals surface area contributed by atoms with E-state index < -0.39 is 11.2 Å². The van der Waals surface area contributed by atoms with Gasteiger partial charge in [0.1, 0.15) is 0 Å². The number of non-ortho nitro benzene ring substituents is 1.